The van der Waals surface area contributed by atoms with E-state index in [0.29, 0.717) is 6.61 Å². The summed E-state index contributed by atoms with van der Waals surface area (Å²) in [5.74, 6) is 0.137. The third kappa shape index (κ3) is 4.24. The van der Waals surface area contributed by atoms with E-state index in [9.17, 15) is 4.79 Å². The summed E-state index contributed by atoms with van der Waals surface area (Å²) in [6.07, 6.45) is 3.09. The fraction of sp³-hybridized carbons (Fsp3) is 0.480. The summed E-state index contributed by atoms with van der Waals surface area (Å²) in [5, 5.41) is 3.33. The van der Waals surface area contributed by atoms with Gasteiger partial charge in [0.05, 0.1) is 24.3 Å². The first-order chi connectivity index (χ1) is 14.0. The van der Waals surface area contributed by atoms with Crippen LogP contribution in [0.25, 0.3) is 0 Å². The predicted octanol–water partition coefficient (Wildman–Crippen LogP) is 4.26. The Morgan fingerprint density at radius 2 is 1.76 bits per heavy atom. The van der Waals surface area contributed by atoms with Gasteiger partial charge < -0.3 is 10.1 Å². The van der Waals surface area contributed by atoms with Crippen molar-refractivity contribution in [1.82, 2.24) is 10.2 Å². The van der Waals surface area contributed by atoms with Crippen molar-refractivity contribution >= 4 is 5.91 Å². The van der Waals surface area contributed by atoms with Gasteiger partial charge in [-0.2, -0.15) is 0 Å². The minimum atomic E-state index is -0.473. The van der Waals surface area contributed by atoms with Crippen LogP contribution in [-0.4, -0.2) is 36.5 Å². The normalized spacial score (nSPS) is 25.9. The first-order valence-electron chi connectivity index (χ1n) is 10.8. The van der Waals surface area contributed by atoms with E-state index in [4.69, 9.17) is 4.74 Å². The molecule has 29 heavy (non-hydrogen) atoms. The number of ether oxygens (including phenoxy) is 1. The van der Waals surface area contributed by atoms with E-state index in [0.717, 1.165) is 25.1 Å². The number of carbonyl (C=O) groups is 1. The van der Waals surface area contributed by atoms with E-state index in [-0.39, 0.29) is 18.1 Å². The molecule has 0 radical (unpaired) electrons. The summed E-state index contributed by atoms with van der Waals surface area (Å²) >= 11 is 0. The van der Waals surface area contributed by atoms with Crippen molar-refractivity contribution in [2.75, 3.05) is 19.7 Å². The van der Waals surface area contributed by atoms with Crippen LogP contribution >= 0.6 is 0 Å². The number of amides is 1. The van der Waals surface area contributed by atoms with Crippen LogP contribution < -0.4 is 5.32 Å². The molecule has 2 aliphatic heterocycles. The van der Waals surface area contributed by atoms with E-state index in [1.54, 1.807) is 0 Å². The molecule has 0 unspecified atom stereocenters. The molecular formula is C25H32N2O2. The van der Waals surface area contributed by atoms with Crippen LogP contribution in [0.5, 0.6) is 0 Å². The van der Waals surface area contributed by atoms with Gasteiger partial charge in [-0.25, -0.2) is 0 Å². The lowest BCUT2D eigenvalue weighted by molar-refractivity contribution is -0.124. The molecule has 3 atom stereocenters. The molecule has 0 spiro atoms. The lowest BCUT2D eigenvalue weighted by Gasteiger charge is -2.32. The number of carbonyl (C=O) groups excluding carboxylic acids is 1. The van der Waals surface area contributed by atoms with Gasteiger partial charge in [0.15, 0.2) is 0 Å². The van der Waals surface area contributed by atoms with Gasteiger partial charge in [0.25, 0.3) is 0 Å². The molecule has 1 N–H and O–H groups in total. The fourth-order valence-corrected chi connectivity index (χ4v) is 4.87. The molecule has 0 saturated carbocycles. The van der Waals surface area contributed by atoms with Crippen LogP contribution in [0.4, 0.5) is 0 Å². The largest absolute Gasteiger partial charge is 0.371 e. The second-order valence-corrected chi connectivity index (χ2v) is 8.77. The molecule has 4 rings (SSSR count). The summed E-state index contributed by atoms with van der Waals surface area (Å²) in [6.45, 7) is 8.84. The summed E-state index contributed by atoms with van der Waals surface area (Å²) in [7, 11) is 0. The number of hydrogen-bond donors (Lipinski definition) is 1. The highest BCUT2D eigenvalue weighted by Crippen LogP contribution is 2.36. The number of hydrogen-bond acceptors (Lipinski definition) is 3. The predicted molar refractivity (Wildman–Crippen MR) is 116 cm³/mol. The Kier molecular flexibility index (Phi) is 5.75. The van der Waals surface area contributed by atoms with Gasteiger partial charge in [-0.3, -0.25) is 9.69 Å². The zero-order valence-electron chi connectivity index (χ0n) is 17.8. The standard InChI is InChI=1S/C25H32N2O2/c1-18-13-19(2)15-21(14-18)20(3)29-17-25(22-9-5-4-6-10-22)16-23(24(28)26-25)27-11-7-8-12-27/h4-6,9-10,13-15,20,23H,7-8,11-12,16-17H2,1-3H3,(H,26,28)/t20-,23+,25-/m1/s1. The summed E-state index contributed by atoms with van der Waals surface area (Å²) in [5.41, 5.74) is 4.33. The number of aryl methyl sites for hydroxylation is 2. The van der Waals surface area contributed by atoms with Crippen molar-refractivity contribution in [3.63, 3.8) is 0 Å². The number of nitrogens with zero attached hydrogens (tertiary/aromatic N) is 1. The number of likely N-dealkylation sites (tertiary alicyclic amines) is 1. The molecular weight excluding hydrogens is 360 g/mol. The highest BCUT2D eigenvalue weighted by molar-refractivity contribution is 5.85. The van der Waals surface area contributed by atoms with Gasteiger partial charge in [-0.15, -0.1) is 0 Å². The van der Waals surface area contributed by atoms with Crippen LogP contribution in [0.2, 0.25) is 0 Å². The Bertz CT molecular complexity index is 840. The zero-order valence-corrected chi connectivity index (χ0v) is 17.8. The second-order valence-electron chi connectivity index (χ2n) is 8.77. The van der Waals surface area contributed by atoms with Gasteiger partial charge in [0.2, 0.25) is 5.91 Å². The van der Waals surface area contributed by atoms with E-state index in [1.807, 2.05) is 18.2 Å². The van der Waals surface area contributed by atoms with E-state index < -0.39 is 5.54 Å². The third-order valence-electron chi connectivity index (χ3n) is 6.41. The molecule has 2 saturated heterocycles. The van der Waals surface area contributed by atoms with E-state index >= 15 is 0 Å². The topological polar surface area (TPSA) is 41.6 Å². The lowest BCUT2D eigenvalue weighted by Crippen LogP contribution is -2.43. The molecule has 4 heteroatoms. The smallest absolute Gasteiger partial charge is 0.238 e. The SMILES string of the molecule is Cc1cc(C)cc([C@@H](C)OC[C@@]2(c3ccccc3)C[C@H](N3CCCC3)C(=O)N2)c1. The summed E-state index contributed by atoms with van der Waals surface area (Å²) in [6, 6.07) is 16.8. The lowest BCUT2D eigenvalue weighted by atomic mass is 9.87. The van der Waals surface area contributed by atoms with E-state index in [2.05, 4.69) is 61.3 Å². The van der Waals surface area contributed by atoms with Crippen molar-refractivity contribution < 1.29 is 9.53 Å². The van der Waals surface area contributed by atoms with Crippen LogP contribution in [0.3, 0.4) is 0 Å². The quantitative estimate of drug-likeness (QED) is 0.799. The summed E-state index contributed by atoms with van der Waals surface area (Å²) < 4.78 is 6.41. The second kappa shape index (κ2) is 8.29. The van der Waals surface area contributed by atoms with Crippen molar-refractivity contribution in [3.8, 4) is 0 Å². The average molecular weight is 393 g/mol. The zero-order chi connectivity index (χ0) is 20.4. The fourth-order valence-electron chi connectivity index (χ4n) is 4.87. The Hall–Kier alpha value is -2.17. The van der Waals surface area contributed by atoms with Crippen molar-refractivity contribution in [2.24, 2.45) is 0 Å². The van der Waals surface area contributed by atoms with Crippen molar-refractivity contribution in [1.29, 1.82) is 0 Å². The van der Waals surface area contributed by atoms with Crippen molar-refractivity contribution in [3.05, 3.63) is 70.8 Å². The minimum Gasteiger partial charge on any atom is -0.371 e. The van der Waals surface area contributed by atoms with Crippen LogP contribution in [-0.2, 0) is 15.1 Å². The van der Waals surface area contributed by atoms with E-state index in [1.165, 1.54) is 29.5 Å². The van der Waals surface area contributed by atoms with Crippen LogP contribution in [0, 0.1) is 13.8 Å². The third-order valence-corrected chi connectivity index (χ3v) is 6.41. The molecule has 2 aromatic rings. The Morgan fingerprint density at radius 1 is 1.10 bits per heavy atom. The molecule has 2 aromatic carbocycles. The van der Waals surface area contributed by atoms with Gasteiger partial charge in [0.1, 0.15) is 0 Å². The Balaban J connectivity index is 1.56. The van der Waals surface area contributed by atoms with Crippen molar-refractivity contribution in [2.45, 2.75) is 57.7 Å². The number of rotatable bonds is 6. The van der Waals surface area contributed by atoms with Gasteiger partial charge in [0, 0.05) is 6.42 Å². The molecule has 2 heterocycles. The van der Waals surface area contributed by atoms with Gasteiger partial charge in [-0.1, -0.05) is 59.7 Å². The highest BCUT2D eigenvalue weighted by Gasteiger charge is 2.48. The molecule has 0 aliphatic carbocycles. The highest BCUT2D eigenvalue weighted by atomic mass is 16.5. The maximum absolute atomic E-state index is 12.9. The number of nitrogens with one attached hydrogen (secondary N) is 1. The van der Waals surface area contributed by atoms with Gasteiger partial charge >= 0.3 is 0 Å². The molecule has 0 bridgehead atoms. The molecule has 1 amide bonds. The van der Waals surface area contributed by atoms with Crippen LogP contribution in [0.1, 0.15) is 54.5 Å². The molecule has 154 valence electrons. The molecule has 2 fully saturated rings. The van der Waals surface area contributed by atoms with Gasteiger partial charge in [-0.05, 0) is 57.8 Å². The summed E-state index contributed by atoms with van der Waals surface area (Å²) in [4.78, 5) is 15.3. The molecule has 2 aliphatic rings. The molecule has 0 aromatic heterocycles. The average Bonchev–Trinajstić information content (AvgIpc) is 3.34. The maximum Gasteiger partial charge on any atom is 0.238 e. The monoisotopic (exact) mass is 392 g/mol. The Morgan fingerprint density at radius 3 is 2.41 bits per heavy atom. The van der Waals surface area contributed by atoms with Crippen LogP contribution in [0.15, 0.2) is 48.5 Å². The Labute approximate surface area is 174 Å². The first-order valence-corrected chi connectivity index (χ1v) is 10.8. The molecule has 4 nitrogen and oxygen atoms in total. The number of benzene rings is 2. The minimum absolute atomic E-state index is 0.0306. The first kappa shape index (κ1) is 20.1. The maximum atomic E-state index is 12.9.